The molecule has 0 aromatic heterocycles. The van der Waals surface area contributed by atoms with Crippen molar-refractivity contribution < 1.29 is 9.94 Å². The molecule has 2 atom stereocenters. The highest BCUT2D eigenvalue weighted by molar-refractivity contribution is 5.82. The molecule has 224 valence electrons. The molecule has 0 amide bonds. The Morgan fingerprint density at radius 3 is 1.82 bits per heavy atom. The summed E-state index contributed by atoms with van der Waals surface area (Å²) in [5, 5.41) is 13.4. The van der Waals surface area contributed by atoms with Gasteiger partial charge in [-0.1, -0.05) is 114 Å². The van der Waals surface area contributed by atoms with Gasteiger partial charge in [-0.05, 0) is 84.5 Å². The highest BCUT2D eigenvalue weighted by Crippen LogP contribution is 2.20. The molecule has 0 heterocycles. The Bertz CT molecular complexity index is 583. The number of hydrogen-bond acceptors (Lipinski definition) is 4. The normalized spacial score (nSPS) is 14.9. The number of oxime groups is 1. The number of aliphatic hydroxyl groups is 1. The second-order valence-corrected chi connectivity index (χ2v) is 11.8. The van der Waals surface area contributed by atoms with Gasteiger partial charge >= 0.3 is 0 Å². The Kier molecular flexibility index (Phi) is 26.6. The van der Waals surface area contributed by atoms with Crippen LogP contribution in [0.4, 0.5) is 0 Å². The number of nitrogens with two attached hydrogens (primary N) is 1. The fourth-order valence-electron chi connectivity index (χ4n) is 4.93. The highest BCUT2D eigenvalue weighted by atomic mass is 16.6. The number of rotatable bonds is 28. The Labute approximate surface area is 238 Å². The first kappa shape index (κ1) is 36.9. The van der Waals surface area contributed by atoms with Gasteiger partial charge < -0.3 is 15.7 Å². The number of nitrogens with zero attached hydrogens (tertiary/aromatic N) is 1. The monoisotopic (exact) mass is 535 g/mol. The Morgan fingerprint density at radius 2 is 1.26 bits per heavy atom. The lowest BCUT2D eigenvalue weighted by Crippen LogP contribution is -2.35. The lowest BCUT2D eigenvalue weighted by Gasteiger charge is -2.23. The van der Waals surface area contributed by atoms with Crippen molar-refractivity contribution in [2.75, 3.05) is 6.61 Å². The molecule has 0 aromatic carbocycles. The molecule has 0 aliphatic heterocycles. The summed E-state index contributed by atoms with van der Waals surface area (Å²) in [5.41, 5.74) is 7.03. The zero-order valence-electron chi connectivity index (χ0n) is 26.0. The van der Waals surface area contributed by atoms with Crippen LogP contribution in [0.25, 0.3) is 0 Å². The van der Waals surface area contributed by atoms with Gasteiger partial charge in [0, 0.05) is 5.54 Å². The summed E-state index contributed by atoms with van der Waals surface area (Å²) < 4.78 is 0. The van der Waals surface area contributed by atoms with Crippen molar-refractivity contribution in [1.29, 1.82) is 0 Å². The molecule has 0 spiro atoms. The van der Waals surface area contributed by atoms with Crippen molar-refractivity contribution in [2.45, 2.75) is 181 Å². The van der Waals surface area contributed by atoms with Gasteiger partial charge in [0.2, 0.25) is 0 Å². The Morgan fingerprint density at radius 1 is 0.737 bits per heavy atom. The molecule has 0 aliphatic rings. The van der Waals surface area contributed by atoms with Crippen LogP contribution in [0.1, 0.15) is 169 Å². The second-order valence-electron chi connectivity index (χ2n) is 11.8. The average molecular weight is 535 g/mol. The molecule has 0 saturated heterocycles. The van der Waals surface area contributed by atoms with Crippen LogP contribution in [-0.4, -0.2) is 29.1 Å². The third-order valence-electron chi connectivity index (χ3n) is 7.41. The smallest absolute Gasteiger partial charge is 0.127 e. The van der Waals surface area contributed by atoms with E-state index in [9.17, 15) is 5.11 Å². The maximum atomic E-state index is 9.23. The minimum Gasteiger partial charge on any atom is -0.392 e. The summed E-state index contributed by atoms with van der Waals surface area (Å²) in [6, 6.07) is 0. The van der Waals surface area contributed by atoms with Crippen LogP contribution in [0.3, 0.4) is 0 Å². The van der Waals surface area contributed by atoms with E-state index in [0.29, 0.717) is 5.71 Å². The minimum atomic E-state index is -0.0320. The van der Waals surface area contributed by atoms with Crippen LogP contribution >= 0.6 is 0 Å². The van der Waals surface area contributed by atoms with Crippen LogP contribution in [0.2, 0.25) is 0 Å². The first-order valence-electron chi connectivity index (χ1n) is 16.3. The van der Waals surface area contributed by atoms with E-state index in [-0.39, 0.29) is 18.2 Å². The molecule has 0 fully saturated rings. The molecule has 4 nitrogen and oxygen atoms in total. The van der Waals surface area contributed by atoms with Crippen molar-refractivity contribution in [2.24, 2.45) is 10.9 Å². The fourth-order valence-corrected chi connectivity index (χ4v) is 4.93. The standard InChI is InChI=1S/C34H66N2O2/c1-5-7-8-9-10-11-12-13-14-15-16-17-18-19-21-24-27-33(38-36-32(3)31-37)28-25-22-20-23-26-30-34(4,35)29-6-2/h10-11,13-14,33,37H,5-9,12,15-31,35H2,1-4H3/b11-10-,14-13-,36-32?. The van der Waals surface area contributed by atoms with Crippen LogP contribution in [0.15, 0.2) is 29.5 Å². The zero-order chi connectivity index (χ0) is 28.2. The maximum Gasteiger partial charge on any atom is 0.127 e. The molecular weight excluding hydrogens is 468 g/mol. The van der Waals surface area contributed by atoms with Crippen molar-refractivity contribution in [3.8, 4) is 0 Å². The molecule has 0 saturated carbocycles. The van der Waals surface area contributed by atoms with E-state index in [4.69, 9.17) is 10.6 Å². The first-order valence-corrected chi connectivity index (χ1v) is 16.3. The third-order valence-corrected chi connectivity index (χ3v) is 7.41. The van der Waals surface area contributed by atoms with Gasteiger partial charge in [0.1, 0.15) is 6.10 Å². The molecule has 0 bridgehead atoms. The van der Waals surface area contributed by atoms with Crippen molar-refractivity contribution >= 4 is 5.71 Å². The second kappa shape index (κ2) is 27.4. The van der Waals surface area contributed by atoms with Crippen molar-refractivity contribution in [1.82, 2.24) is 0 Å². The first-order chi connectivity index (χ1) is 18.4. The van der Waals surface area contributed by atoms with Crippen LogP contribution in [0.5, 0.6) is 0 Å². The van der Waals surface area contributed by atoms with Crippen LogP contribution in [0, 0.1) is 0 Å². The fraction of sp³-hybridized carbons (Fsp3) is 0.853. The quantitative estimate of drug-likeness (QED) is 0.0454. The lowest BCUT2D eigenvalue weighted by molar-refractivity contribution is 0.0418. The van der Waals surface area contributed by atoms with E-state index in [1.807, 2.05) is 6.92 Å². The van der Waals surface area contributed by atoms with E-state index in [0.717, 1.165) is 32.1 Å². The summed E-state index contributed by atoms with van der Waals surface area (Å²) in [5.74, 6) is 0. The highest BCUT2D eigenvalue weighted by Gasteiger charge is 2.16. The molecule has 0 aliphatic carbocycles. The molecule has 3 N–H and O–H groups in total. The van der Waals surface area contributed by atoms with E-state index in [1.165, 1.54) is 109 Å². The van der Waals surface area contributed by atoms with Gasteiger partial charge in [-0.25, -0.2) is 0 Å². The lowest BCUT2D eigenvalue weighted by atomic mass is 9.90. The molecule has 2 unspecified atom stereocenters. The van der Waals surface area contributed by atoms with Gasteiger partial charge in [-0.2, -0.15) is 0 Å². The third kappa shape index (κ3) is 26.5. The van der Waals surface area contributed by atoms with E-state index >= 15 is 0 Å². The van der Waals surface area contributed by atoms with Gasteiger partial charge in [0.25, 0.3) is 0 Å². The summed E-state index contributed by atoms with van der Waals surface area (Å²) in [6.07, 6.45) is 36.6. The SMILES string of the molecule is CCCCC/C=C\C/C=C\CCCCCCCCC(CCCCCCCC(C)(N)CCC)ON=C(C)CO. The van der Waals surface area contributed by atoms with Crippen LogP contribution in [-0.2, 0) is 4.84 Å². The molecule has 0 radical (unpaired) electrons. The maximum absolute atomic E-state index is 9.23. The predicted molar refractivity (Wildman–Crippen MR) is 169 cm³/mol. The van der Waals surface area contributed by atoms with E-state index < -0.39 is 0 Å². The van der Waals surface area contributed by atoms with Crippen molar-refractivity contribution in [3.05, 3.63) is 24.3 Å². The van der Waals surface area contributed by atoms with Gasteiger partial charge in [0.15, 0.2) is 0 Å². The molecule has 0 rings (SSSR count). The number of aliphatic hydroxyl groups excluding tert-OH is 1. The van der Waals surface area contributed by atoms with Crippen LogP contribution < -0.4 is 5.73 Å². The average Bonchev–Trinajstić information content (AvgIpc) is 2.90. The largest absolute Gasteiger partial charge is 0.392 e. The Hall–Kier alpha value is -1.13. The van der Waals surface area contributed by atoms with Gasteiger partial charge in [0.05, 0.1) is 12.3 Å². The van der Waals surface area contributed by atoms with E-state index in [2.05, 4.69) is 50.2 Å². The number of allylic oxidation sites excluding steroid dienone is 4. The molecular formula is C34H66N2O2. The van der Waals surface area contributed by atoms with Gasteiger partial charge in [-0.15, -0.1) is 0 Å². The predicted octanol–water partition coefficient (Wildman–Crippen LogP) is 10.2. The molecule has 38 heavy (non-hydrogen) atoms. The summed E-state index contributed by atoms with van der Waals surface area (Å²) >= 11 is 0. The zero-order valence-corrected chi connectivity index (χ0v) is 26.0. The number of hydrogen-bond donors (Lipinski definition) is 2. The van der Waals surface area contributed by atoms with Crippen molar-refractivity contribution in [3.63, 3.8) is 0 Å². The molecule has 0 aromatic rings. The van der Waals surface area contributed by atoms with E-state index in [1.54, 1.807) is 0 Å². The topological polar surface area (TPSA) is 67.8 Å². The minimum absolute atomic E-state index is 0.0120. The number of unbranched alkanes of at least 4 members (excludes halogenated alkanes) is 13. The molecule has 4 heteroatoms. The summed E-state index contributed by atoms with van der Waals surface area (Å²) in [4.78, 5) is 5.82. The van der Waals surface area contributed by atoms with Gasteiger partial charge in [-0.3, -0.25) is 0 Å². The summed E-state index contributed by atoms with van der Waals surface area (Å²) in [6.45, 7) is 8.46. The summed E-state index contributed by atoms with van der Waals surface area (Å²) in [7, 11) is 0. The Balaban J connectivity index is 3.89.